The van der Waals surface area contributed by atoms with Crippen LogP contribution in [0.5, 0.6) is 0 Å². The molecule has 1 aliphatic rings. The van der Waals surface area contributed by atoms with Gasteiger partial charge in [0.05, 0.1) is 31.2 Å². The third kappa shape index (κ3) is 2.08. The maximum absolute atomic E-state index is 9.23. The number of fused-ring (bicyclic) bond motifs is 1. The molecule has 0 bridgehead atoms. The van der Waals surface area contributed by atoms with Gasteiger partial charge in [-0.1, -0.05) is 0 Å². The molecule has 0 unspecified atom stereocenters. The van der Waals surface area contributed by atoms with Crippen LogP contribution in [0.15, 0.2) is 18.3 Å². The summed E-state index contributed by atoms with van der Waals surface area (Å²) in [6.07, 6.45) is 2.08. The van der Waals surface area contributed by atoms with Gasteiger partial charge in [0, 0.05) is 19.3 Å². The fraction of sp³-hybridized carbons (Fsp3) is 0.417. The molecule has 0 saturated carbocycles. The second kappa shape index (κ2) is 5.02. The molecular formula is C12H14IN3O2. The minimum absolute atomic E-state index is 0.0210. The Bertz CT molecular complexity index is 564. The van der Waals surface area contributed by atoms with Crippen LogP contribution in [0.3, 0.4) is 0 Å². The molecule has 3 heterocycles. The highest BCUT2D eigenvalue weighted by atomic mass is 127. The Labute approximate surface area is 119 Å². The summed E-state index contributed by atoms with van der Waals surface area (Å²) < 4.78 is 8.36. The molecule has 1 fully saturated rings. The number of rotatable bonds is 2. The van der Waals surface area contributed by atoms with Crippen molar-refractivity contribution in [2.45, 2.75) is 6.61 Å². The second-order valence-corrected chi connectivity index (χ2v) is 5.24. The van der Waals surface area contributed by atoms with E-state index in [1.165, 1.54) is 5.69 Å². The first-order valence-corrected chi connectivity index (χ1v) is 6.97. The minimum atomic E-state index is -0.0210. The van der Waals surface area contributed by atoms with E-state index in [1.54, 1.807) is 0 Å². The molecule has 3 rings (SSSR count). The van der Waals surface area contributed by atoms with Crippen molar-refractivity contribution in [3.63, 3.8) is 0 Å². The van der Waals surface area contributed by atoms with Crippen LogP contribution >= 0.6 is 22.6 Å². The zero-order valence-electron chi connectivity index (χ0n) is 9.84. The van der Waals surface area contributed by atoms with Crippen LogP contribution in [-0.2, 0) is 11.3 Å². The molecule has 0 atom stereocenters. The van der Waals surface area contributed by atoms with Crippen molar-refractivity contribution in [1.82, 2.24) is 9.38 Å². The lowest BCUT2D eigenvalue weighted by Crippen LogP contribution is -2.36. The standard InChI is InChI=1S/C12H14IN3O2/c13-12-10(8-17)14-11-2-1-9(7-16(11)12)15-3-5-18-6-4-15/h1-2,7,17H,3-6,8H2. The summed E-state index contributed by atoms with van der Waals surface area (Å²) in [6, 6.07) is 4.07. The average molecular weight is 359 g/mol. The number of aliphatic hydroxyl groups is 1. The van der Waals surface area contributed by atoms with E-state index in [1.807, 2.05) is 10.5 Å². The quantitative estimate of drug-likeness (QED) is 0.821. The Morgan fingerprint density at radius 2 is 2.11 bits per heavy atom. The number of nitrogens with zero attached hydrogens (tertiary/aromatic N) is 3. The first kappa shape index (κ1) is 12.2. The summed E-state index contributed by atoms with van der Waals surface area (Å²) in [5.74, 6) is 0. The molecule has 0 spiro atoms. The molecule has 0 aromatic carbocycles. The van der Waals surface area contributed by atoms with Crippen molar-refractivity contribution in [2.24, 2.45) is 0 Å². The van der Waals surface area contributed by atoms with Crippen molar-refractivity contribution in [3.05, 3.63) is 27.7 Å². The van der Waals surface area contributed by atoms with Crippen molar-refractivity contribution in [2.75, 3.05) is 31.2 Å². The Kier molecular flexibility index (Phi) is 3.40. The maximum atomic E-state index is 9.23. The Balaban J connectivity index is 2.01. The van der Waals surface area contributed by atoms with E-state index in [0.717, 1.165) is 41.3 Å². The third-order valence-corrected chi connectivity index (χ3v) is 4.28. The number of pyridine rings is 1. The lowest BCUT2D eigenvalue weighted by Gasteiger charge is -2.28. The highest BCUT2D eigenvalue weighted by molar-refractivity contribution is 14.1. The fourth-order valence-corrected chi connectivity index (χ4v) is 2.84. The number of halogens is 1. The summed E-state index contributed by atoms with van der Waals surface area (Å²) in [5, 5.41) is 9.23. The number of morpholine rings is 1. The summed E-state index contributed by atoms with van der Waals surface area (Å²) in [5.41, 5.74) is 2.78. The number of aliphatic hydroxyl groups excluding tert-OH is 1. The van der Waals surface area contributed by atoms with E-state index in [2.05, 4.69) is 44.7 Å². The van der Waals surface area contributed by atoms with Gasteiger partial charge in [0.25, 0.3) is 0 Å². The molecule has 5 nitrogen and oxygen atoms in total. The van der Waals surface area contributed by atoms with E-state index in [4.69, 9.17) is 4.74 Å². The number of imidazole rings is 1. The van der Waals surface area contributed by atoms with Crippen LogP contribution in [0.25, 0.3) is 5.65 Å². The van der Waals surface area contributed by atoms with Gasteiger partial charge in [-0.2, -0.15) is 0 Å². The molecule has 6 heteroatoms. The van der Waals surface area contributed by atoms with Gasteiger partial charge in [0.2, 0.25) is 0 Å². The molecule has 1 aliphatic heterocycles. The first-order valence-electron chi connectivity index (χ1n) is 5.89. The summed E-state index contributed by atoms with van der Waals surface area (Å²) in [6.45, 7) is 3.38. The van der Waals surface area contributed by atoms with Crippen molar-refractivity contribution in [3.8, 4) is 0 Å². The first-order chi connectivity index (χ1) is 8.79. The van der Waals surface area contributed by atoms with Gasteiger partial charge in [0.15, 0.2) is 0 Å². The molecule has 1 N–H and O–H groups in total. The average Bonchev–Trinajstić information content (AvgIpc) is 2.76. The normalized spacial score (nSPS) is 16.4. The van der Waals surface area contributed by atoms with Crippen molar-refractivity contribution in [1.29, 1.82) is 0 Å². The summed E-state index contributed by atoms with van der Waals surface area (Å²) in [4.78, 5) is 6.68. The van der Waals surface area contributed by atoms with Gasteiger partial charge >= 0.3 is 0 Å². The van der Waals surface area contributed by atoms with E-state index in [9.17, 15) is 5.11 Å². The van der Waals surface area contributed by atoms with Crippen LogP contribution in [0.1, 0.15) is 5.69 Å². The third-order valence-electron chi connectivity index (χ3n) is 3.14. The lowest BCUT2D eigenvalue weighted by atomic mass is 10.3. The summed E-state index contributed by atoms with van der Waals surface area (Å²) in [7, 11) is 0. The highest BCUT2D eigenvalue weighted by Gasteiger charge is 2.14. The smallest absolute Gasteiger partial charge is 0.138 e. The van der Waals surface area contributed by atoms with Gasteiger partial charge in [0.1, 0.15) is 9.35 Å². The topological polar surface area (TPSA) is 50.0 Å². The van der Waals surface area contributed by atoms with Crippen LogP contribution < -0.4 is 4.90 Å². The molecule has 1 saturated heterocycles. The lowest BCUT2D eigenvalue weighted by molar-refractivity contribution is 0.122. The largest absolute Gasteiger partial charge is 0.390 e. The highest BCUT2D eigenvalue weighted by Crippen LogP contribution is 2.21. The van der Waals surface area contributed by atoms with Gasteiger partial charge in [-0.05, 0) is 34.7 Å². The van der Waals surface area contributed by atoms with Gasteiger partial charge in [-0.25, -0.2) is 4.98 Å². The molecular weight excluding hydrogens is 345 g/mol. The zero-order valence-corrected chi connectivity index (χ0v) is 12.0. The maximum Gasteiger partial charge on any atom is 0.138 e. The molecule has 18 heavy (non-hydrogen) atoms. The Morgan fingerprint density at radius 3 is 2.83 bits per heavy atom. The number of aromatic nitrogens is 2. The molecule has 2 aromatic rings. The van der Waals surface area contributed by atoms with E-state index < -0.39 is 0 Å². The van der Waals surface area contributed by atoms with Crippen LogP contribution in [0, 0.1) is 3.70 Å². The minimum Gasteiger partial charge on any atom is -0.390 e. The van der Waals surface area contributed by atoms with Gasteiger partial charge in [-0.3, -0.25) is 4.40 Å². The number of ether oxygens (including phenoxy) is 1. The van der Waals surface area contributed by atoms with Crippen molar-refractivity contribution >= 4 is 33.9 Å². The zero-order chi connectivity index (χ0) is 12.5. The van der Waals surface area contributed by atoms with E-state index >= 15 is 0 Å². The van der Waals surface area contributed by atoms with Gasteiger partial charge < -0.3 is 14.7 Å². The fourth-order valence-electron chi connectivity index (χ4n) is 2.16. The molecule has 96 valence electrons. The van der Waals surface area contributed by atoms with Crippen molar-refractivity contribution < 1.29 is 9.84 Å². The van der Waals surface area contributed by atoms with Crippen LogP contribution in [0.4, 0.5) is 5.69 Å². The predicted molar refractivity (Wildman–Crippen MR) is 76.9 cm³/mol. The van der Waals surface area contributed by atoms with E-state index in [0.29, 0.717) is 0 Å². The van der Waals surface area contributed by atoms with Gasteiger partial charge in [-0.15, -0.1) is 0 Å². The SMILES string of the molecule is OCc1nc2ccc(N3CCOCC3)cn2c1I. The van der Waals surface area contributed by atoms with Crippen LogP contribution in [-0.4, -0.2) is 40.8 Å². The molecule has 0 amide bonds. The summed E-state index contributed by atoms with van der Waals surface area (Å²) >= 11 is 2.22. The van der Waals surface area contributed by atoms with E-state index in [-0.39, 0.29) is 6.61 Å². The van der Waals surface area contributed by atoms with Crippen LogP contribution in [0.2, 0.25) is 0 Å². The number of hydrogen-bond acceptors (Lipinski definition) is 4. The monoisotopic (exact) mass is 359 g/mol. The molecule has 0 aliphatic carbocycles. The Hall–Kier alpha value is -0.860. The predicted octanol–water partition coefficient (Wildman–Crippen LogP) is 1.27. The Morgan fingerprint density at radius 1 is 1.33 bits per heavy atom. The molecule has 2 aromatic heterocycles. The second-order valence-electron chi connectivity index (χ2n) is 4.22. The number of hydrogen-bond donors (Lipinski definition) is 1. The molecule has 0 radical (unpaired) electrons. The number of anilines is 1.